The molecule has 0 aromatic rings. The van der Waals surface area contributed by atoms with E-state index in [0.29, 0.717) is 0 Å². The average Bonchev–Trinajstić information content (AvgIpc) is 2.43. The van der Waals surface area contributed by atoms with Crippen LogP contribution in [0.2, 0.25) is 0 Å². The first-order chi connectivity index (χ1) is 9.65. The first-order valence-electron chi connectivity index (χ1n) is 8.36. The summed E-state index contributed by atoms with van der Waals surface area (Å²) in [5, 5.41) is 6.41. The summed E-state index contributed by atoms with van der Waals surface area (Å²) in [5.74, 6) is 2.08. The first kappa shape index (κ1) is 15.8. The van der Waals surface area contributed by atoms with E-state index in [1.54, 1.807) is 0 Å². The zero-order valence-corrected chi connectivity index (χ0v) is 13.2. The van der Waals surface area contributed by atoms with Crippen molar-refractivity contribution in [2.75, 3.05) is 39.3 Å². The van der Waals surface area contributed by atoms with Gasteiger partial charge >= 0.3 is 0 Å². The van der Waals surface area contributed by atoms with E-state index < -0.39 is 0 Å². The molecular weight excluding hydrogens is 250 g/mol. The minimum Gasteiger partial charge on any atom is -0.356 e. The Morgan fingerprint density at radius 1 is 1.30 bits per heavy atom. The summed E-state index contributed by atoms with van der Waals surface area (Å²) in [6.07, 6.45) is 4.61. The van der Waals surface area contributed by atoms with Crippen molar-refractivity contribution in [3.8, 4) is 0 Å². The van der Waals surface area contributed by atoms with Crippen molar-refractivity contribution in [2.45, 2.75) is 39.5 Å². The highest BCUT2D eigenvalue weighted by Gasteiger charge is 2.22. The molecule has 0 aliphatic carbocycles. The van der Waals surface area contributed by atoms with E-state index in [1.807, 2.05) is 0 Å². The number of hydrogen-bond donors (Lipinski definition) is 2. The largest absolute Gasteiger partial charge is 0.356 e. The fraction of sp³-hybridized carbons (Fsp3) is 0.938. The second-order valence-corrected chi connectivity index (χ2v) is 6.89. The Bertz CT molecular complexity index is 292. The predicted octanol–water partition coefficient (Wildman–Crippen LogP) is 1.47. The van der Waals surface area contributed by atoms with Crippen LogP contribution >= 0.6 is 0 Å². The molecule has 0 bridgehead atoms. The summed E-state index contributed by atoms with van der Waals surface area (Å²) in [6, 6.07) is 0. The Kier molecular flexibility index (Phi) is 6.30. The van der Waals surface area contributed by atoms with E-state index >= 15 is 0 Å². The molecule has 4 heteroatoms. The van der Waals surface area contributed by atoms with Gasteiger partial charge < -0.3 is 15.5 Å². The average molecular weight is 281 g/mol. The van der Waals surface area contributed by atoms with E-state index in [0.717, 1.165) is 57.3 Å². The second kappa shape index (κ2) is 7.99. The van der Waals surface area contributed by atoms with Crippen LogP contribution in [-0.2, 0) is 4.79 Å². The van der Waals surface area contributed by atoms with Crippen molar-refractivity contribution in [3.63, 3.8) is 0 Å². The Morgan fingerprint density at radius 2 is 2.05 bits per heavy atom. The maximum atomic E-state index is 12.0. The molecule has 0 aromatic carbocycles. The van der Waals surface area contributed by atoms with Crippen LogP contribution in [-0.4, -0.2) is 50.1 Å². The van der Waals surface area contributed by atoms with E-state index in [-0.39, 0.29) is 11.8 Å². The number of nitrogens with one attached hydrogen (secondary N) is 2. The molecule has 2 saturated heterocycles. The molecule has 2 heterocycles. The minimum atomic E-state index is 0.193. The summed E-state index contributed by atoms with van der Waals surface area (Å²) >= 11 is 0. The number of likely N-dealkylation sites (tertiary alicyclic amines) is 1. The van der Waals surface area contributed by atoms with Crippen LogP contribution in [0.4, 0.5) is 0 Å². The second-order valence-electron chi connectivity index (χ2n) is 6.89. The fourth-order valence-corrected chi connectivity index (χ4v) is 3.71. The van der Waals surface area contributed by atoms with Gasteiger partial charge in [0.15, 0.2) is 0 Å². The number of rotatable bonds is 5. The highest BCUT2D eigenvalue weighted by molar-refractivity contribution is 5.78. The van der Waals surface area contributed by atoms with Gasteiger partial charge in [0.05, 0.1) is 5.92 Å². The van der Waals surface area contributed by atoms with Gasteiger partial charge in [0.1, 0.15) is 0 Å². The lowest BCUT2D eigenvalue weighted by atomic mass is 9.92. The Labute approximate surface area is 123 Å². The molecule has 0 aromatic heterocycles. The molecule has 2 aliphatic heterocycles. The van der Waals surface area contributed by atoms with E-state index in [2.05, 4.69) is 29.4 Å². The van der Waals surface area contributed by atoms with Gasteiger partial charge in [0.25, 0.3) is 0 Å². The highest BCUT2D eigenvalue weighted by Crippen LogP contribution is 2.20. The lowest BCUT2D eigenvalue weighted by molar-refractivity contribution is -0.125. The summed E-state index contributed by atoms with van der Waals surface area (Å²) in [7, 11) is 0. The van der Waals surface area contributed by atoms with Gasteiger partial charge in [-0.15, -0.1) is 0 Å². The summed E-state index contributed by atoms with van der Waals surface area (Å²) in [5.41, 5.74) is 0. The first-order valence-corrected chi connectivity index (χ1v) is 8.36. The van der Waals surface area contributed by atoms with Crippen molar-refractivity contribution in [2.24, 2.45) is 17.8 Å². The summed E-state index contributed by atoms with van der Waals surface area (Å²) in [4.78, 5) is 14.6. The summed E-state index contributed by atoms with van der Waals surface area (Å²) < 4.78 is 0. The number of carbonyl (C=O) groups excluding carboxylic acids is 1. The minimum absolute atomic E-state index is 0.193. The maximum absolute atomic E-state index is 12.0. The van der Waals surface area contributed by atoms with Gasteiger partial charge in [-0.25, -0.2) is 0 Å². The Morgan fingerprint density at radius 3 is 2.70 bits per heavy atom. The smallest absolute Gasteiger partial charge is 0.224 e. The van der Waals surface area contributed by atoms with Crippen LogP contribution in [0.15, 0.2) is 0 Å². The monoisotopic (exact) mass is 281 g/mol. The normalized spacial score (nSPS) is 32.0. The maximum Gasteiger partial charge on any atom is 0.224 e. The summed E-state index contributed by atoms with van der Waals surface area (Å²) in [6.45, 7) is 11.0. The zero-order valence-electron chi connectivity index (χ0n) is 13.2. The molecular formula is C16H31N3O. The van der Waals surface area contributed by atoms with Crippen molar-refractivity contribution >= 4 is 5.91 Å². The molecule has 4 nitrogen and oxygen atoms in total. The molecule has 3 atom stereocenters. The molecule has 0 radical (unpaired) electrons. The van der Waals surface area contributed by atoms with Gasteiger partial charge in [-0.3, -0.25) is 4.79 Å². The molecule has 20 heavy (non-hydrogen) atoms. The van der Waals surface area contributed by atoms with Crippen LogP contribution in [0.5, 0.6) is 0 Å². The third-order valence-corrected chi connectivity index (χ3v) is 4.56. The number of piperidine rings is 2. The topological polar surface area (TPSA) is 44.4 Å². The van der Waals surface area contributed by atoms with Crippen LogP contribution < -0.4 is 10.6 Å². The molecule has 2 rings (SSSR count). The van der Waals surface area contributed by atoms with Crippen molar-refractivity contribution in [1.29, 1.82) is 0 Å². The third-order valence-electron chi connectivity index (χ3n) is 4.56. The third kappa shape index (κ3) is 5.06. The molecule has 2 fully saturated rings. The van der Waals surface area contributed by atoms with Gasteiger partial charge in [-0.1, -0.05) is 13.8 Å². The van der Waals surface area contributed by atoms with E-state index in [1.165, 1.54) is 19.5 Å². The number of nitrogens with zero attached hydrogens (tertiary/aromatic N) is 1. The molecule has 2 N–H and O–H groups in total. The Balaban J connectivity index is 1.57. The van der Waals surface area contributed by atoms with Crippen molar-refractivity contribution in [1.82, 2.24) is 15.5 Å². The zero-order chi connectivity index (χ0) is 14.4. The van der Waals surface area contributed by atoms with Crippen molar-refractivity contribution in [3.05, 3.63) is 0 Å². The van der Waals surface area contributed by atoms with E-state index in [4.69, 9.17) is 0 Å². The number of carbonyl (C=O) groups is 1. The van der Waals surface area contributed by atoms with Gasteiger partial charge in [0.2, 0.25) is 5.91 Å². The molecule has 116 valence electrons. The van der Waals surface area contributed by atoms with Crippen LogP contribution in [0.3, 0.4) is 0 Å². The standard InChI is InChI=1S/C16H31N3O/c1-13-9-14(2)12-19(11-13)8-4-7-18-16(20)15-5-3-6-17-10-15/h13-15,17H,3-12H2,1-2H3,(H,18,20). The Hall–Kier alpha value is -0.610. The van der Waals surface area contributed by atoms with Gasteiger partial charge in [-0.05, 0) is 50.6 Å². The van der Waals surface area contributed by atoms with Crippen LogP contribution in [0, 0.1) is 17.8 Å². The predicted molar refractivity (Wildman–Crippen MR) is 82.6 cm³/mol. The van der Waals surface area contributed by atoms with Gasteiger partial charge in [0, 0.05) is 26.2 Å². The van der Waals surface area contributed by atoms with Crippen molar-refractivity contribution < 1.29 is 4.79 Å². The quantitative estimate of drug-likeness (QED) is 0.750. The fourth-order valence-electron chi connectivity index (χ4n) is 3.71. The van der Waals surface area contributed by atoms with E-state index in [9.17, 15) is 4.79 Å². The molecule has 3 unspecified atom stereocenters. The molecule has 0 spiro atoms. The highest BCUT2D eigenvalue weighted by atomic mass is 16.1. The lowest BCUT2D eigenvalue weighted by Gasteiger charge is -2.35. The van der Waals surface area contributed by atoms with Crippen LogP contribution in [0.1, 0.15) is 39.5 Å². The number of hydrogen-bond acceptors (Lipinski definition) is 3. The van der Waals surface area contributed by atoms with Crippen LogP contribution in [0.25, 0.3) is 0 Å². The molecule has 0 saturated carbocycles. The molecule has 1 amide bonds. The lowest BCUT2D eigenvalue weighted by Crippen LogP contribution is -2.42. The SMILES string of the molecule is CC1CC(C)CN(CCCNC(=O)C2CCCNC2)C1. The van der Waals surface area contributed by atoms with Gasteiger partial charge in [-0.2, -0.15) is 0 Å². The number of amides is 1. The molecule has 2 aliphatic rings.